The third-order valence-electron chi connectivity index (χ3n) is 4.07. The number of amides is 1. The molecule has 1 aromatic rings. The lowest BCUT2D eigenvalue weighted by Gasteiger charge is -2.31. The lowest BCUT2D eigenvalue weighted by Crippen LogP contribution is -2.44. The summed E-state index contributed by atoms with van der Waals surface area (Å²) in [6.45, 7) is 7.91. The zero-order chi connectivity index (χ0) is 16.3. The van der Waals surface area contributed by atoms with Gasteiger partial charge in [-0.2, -0.15) is 0 Å². The van der Waals surface area contributed by atoms with Crippen LogP contribution in [0.5, 0.6) is 0 Å². The monoisotopic (exact) mass is 298 g/mol. The smallest absolute Gasteiger partial charge is 0.247 e. The summed E-state index contributed by atoms with van der Waals surface area (Å²) in [5, 5.41) is 9.10. The van der Waals surface area contributed by atoms with E-state index >= 15 is 0 Å². The molecule has 0 spiro atoms. The van der Waals surface area contributed by atoms with Crippen LogP contribution in [-0.2, 0) is 4.79 Å². The van der Waals surface area contributed by atoms with Gasteiger partial charge in [0.25, 0.3) is 0 Å². The molecule has 1 amide bonds. The van der Waals surface area contributed by atoms with E-state index < -0.39 is 0 Å². The van der Waals surface area contributed by atoms with Gasteiger partial charge in [-0.05, 0) is 49.0 Å². The fraction of sp³-hybridized carbons (Fsp3) is 0.333. The van der Waals surface area contributed by atoms with Gasteiger partial charge in [-0.1, -0.05) is 26.5 Å². The van der Waals surface area contributed by atoms with Crippen LogP contribution in [0.3, 0.4) is 0 Å². The normalized spacial score (nSPS) is 17.0. The number of benzene rings is 1. The van der Waals surface area contributed by atoms with Crippen LogP contribution < -0.4 is 16.5 Å². The topological polar surface area (TPSA) is 80.7 Å². The summed E-state index contributed by atoms with van der Waals surface area (Å²) in [5.41, 5.74) is 10.5. The summed E-state index contributed by atoms with van der Waals surface area (Å²) in [6, 6.07) is 7.48. The van der Waals surface area contributed by atoms with Crippen molar-refractivity contribution in [2.45, 2.75) is 33.1 Å². The van der Waals surface area contributed by atoms with Gasteiger partial charge in [0.05, 0.1) is 0 Å². The quantitative estimate of drug-likeness (QED) is 0.585. The molecule has 0 saturated carbocycles. The first-order valence-electron chi connectivity index (χ1n) is 7.46. The van der Waals surface area contributed by atoms with Gasteiger partial charge in [0, 0.05) is 22.5 Å². The average Bonchev–Trinajstić information content (AvgIpc) is 2.49. The van der Waals surface area contributed by atoms with Gasteiger partial charge in [-0.15, -0.1) is 0 Å². The predicted molar refractivity (Wildman–Crippen MR) is 90.1 cm³/mol. The number of hydrogen-bond donors (Lipinski definition) is 3. The van der Waals surface area contributed by atoms with Gasteiger partial charge in [0.1, 0.15) is 0 Å². The summed E-state index contributed by atoms with van der Waals surface area (Å²) in [6.07, 6.45) is 4.05. The second-order valence-electron chi connectivity index (χ2n) is 6.53. The number of carbonyl (C=O) groups excluding carboxylic acids is 1. The first-order valence-corrected chi connectivity index (χ1v) is 7.46. The molecule has 0 fully saturated rings. The molecule has 2 rings (SSSR count). The van der Waals surface area contributed by atoms with E-state index in [4.69, 9.17) is 11.1 Å². The maximum absolute atomic E-state index is 11.4. The van der Waals surface area contributed by atoms with E-state index in [9.17, 15) is 4.79 Å². The Morgan fingerprint density at radius 3 is 2.86 bits per heavy atom. The highest BCUT2D eigenvalue weighted by Gasteiger charge is 2.30. The first-order chi connectivity index (χ1) is 10.3. The molecule has 0 heterocycles. The van der Waals surface area contributed by atoms with E-state index in [0.29, 0.717) is 11.4 Å². The Balaban J connectivity index is 2.28. The summed E-state index contributed by atoms with van der Waals surface area (Å²) in [5.74, 6) is -0.242. The third kappa shape index (κ3) is 3.64. The van der Waals surface area contributed by atoms with E-state index in [1.807, 2.05) is 24.3 Å². The molecule has 0 aromatic heterocycles. The molecule has 1 aliphatic carbocycles. The number of allylic oxidation sites excluding steroid dienone is 2. The maximum Gasteiger partial charge on any atom is 0.247 e. The highest BCUT2D eigenvalue weighted by atomic mass is 16.1. The highest BCUT2D eigenvalue weighted by molar-refractivity contribution is 6.10. The Morgan fingerprint density at radius 2 is 2.18 bits per heavy atom. The fourth-order valence-electron chi connectivity index (χ4n) is 2.70. The minimum Gasteiger partial charge on any atom is -0.402 e. The number of hydrogen-bond acceptors (Lipinski definition) is 2. The molecule has 0 unspecified atom stereocenters. The van der Waals surface area contributed by atoms with E-state index in [2.05, 4.69) is 25.7 Å². The molecule has 5 N–H and O–H groups in total. The van der Waals surface area contributed by atoms with Gasteiger partial charge >= 0.3 is 0 Å². The van der Waals surface area contributed by atoms with Crippen molar-refractivity contribution in [3.05, 3.63) is 53.8 Å². The maximum atomic E-state index is 11.4. The zero-order valence-corrected chi connectivity index (χ0v) is 13.3. The molecule has 116 valence electrons. The molecule has 0 saturated heterocycles. The SMILES string of the molecule is C=CC(=O)Nc1cccc(C(=[NH2+])C2=C(N)CCC(C)(C)C2)c1. The molecule has 0 bridgehead atoms. The molecule has 4 nitrogen and oxygen atoms in total. The Bertz CT molecular complexity index is 656. The second kappa shape index (κ2) is 6.18. The summed E-state index contributed by atoms with van der Waals surface area (Å²) >= 11 is 0. The number of carbonyl (C=O) groups is 1. The molecular weight excluding hydrogens is 274 g/mol. The van der Waals surface area contributed by atoms with E-state index in [1.165, 1.54) is 6.08 Å². The van der Waals surface area contributed by atoms with Crippen LogP contribution >= 0.6 is 0 Å². The van der Waals surface area contributed by atoms with E-state index in [-0.39, 0.29) is 11.3 Å². The Hall–Kier alpha value is -2.36. The molecule has 0 atom stereocenters. The van der Waals surface area contributed by atoms with Gasteiger partial charge in [-0.25, -0.2) is 0 Å². The van der Waals surface area contributed by atoms with Crippen molar-refractivity contribution < 1.29 is 10.2 Å². The first kappa shape index (κ1) is 16.0. The van der Waals surface area contributed by atoms with Crippen molar-refractivity contribution in [2.75, 3.05) is 5.32 Å². The average molecular weight is 298 g/mol. The van der Waals surface area contributed by atoms with Crippen molar-refractivity contribution in [2.24, 2.45) is 11.1 Å². The predicted octanol–water partition coefficient (Wildman–Crippen LogP) is 1.78. The molecular formula is C18H24N3O+. The fourth-order valence-corrected chi connectivity index (χ4v) is 2.70. The van der Waals surface area contributed by atoms with Crippen LogP contribution in [0.15, 0.2) is 48.2 Å². The minimum absolute atomic E-state index is 0.206. The minimum atomic E-state index is -0.242. The zero-order valence-electron chi connectivity index (χ0n) is 13.3. The summed E-state index contributed by atoms with van der Waals surface area (Å²) < 4.78 is 0. The van der Waals surface area contributed by atoms with Crippen molar-refractivity contribution in [3.8, 4) is 0 Å². The van der Waals surface area contributed by atoms with Crippen molar-refractivity contribution in [1.29, 1.82) is 0 Å². The number of anilines is 1. The van der Waals surface area contributed by atoms with Gasteiger partial charge in [0.15, 0.2) is 0 Å². The number of nitrogens with two attached hydrogens (primary N) is 2. The molecule has 1 aromatic carbocycles. The third-order valence-corrected chi connectivity index (χ3v) is 4.07. The summed E-state index contributed by atoms with van der Waals surface area (Å²) in [7, 11) is 0. The second-order valence-corrected chi connectivity index (χ2v) is 6.53. The lowest BCUT2D eigenvalue weighted by atomic mass is 9.74. The van der Waals surface area contributed by atoms with Crippen LogP contribution in [-0.4, -0.2) is 11.6 Å². The molecule has 0 radical (unpaired) electrons. The van der Waals surface area contributed by atoms with Gasteiger partial charge in [0.2, 0.25) is 11.6 Å². The number of nitrogens with one attached hydrogen (secondary N) is 1. The van der Waals surface area contributed by atoms with Crippen LogP contribution in [0, 0.1) is 5.41 Å². The lowest BCUT2D eigenvalue weighted by molar-refractivity contribution is -0.113. The number of rotatable bonds is 4. The molecule has 22 heavy (non-hydrogen) atoms. The van der Waals surface area contributed by atoms with Crippen LogP contribution in [0.25, 0.3) is 0 Å². The van der Waals surface area contributed by atoms with Crippen LogP contribution in [0.1, 0.15) is 38.7 Å². The molecule has 1 aliphatic rings. The Morgan fingerprint density at radius 1 is 1.45 bits per heavy atom. The Kier molecular flexibility index (Phi) is 4.50. The molecule has 4 heteroatoms. The van der Waals surface area contributed by atoms with Gasteiger partial charge < -0.3 is 11.1 Å². The van der Waals surface area contributed by atoms with Crippen molar-refractivity contribution in [1.82, 2.24) is 0 Å². The van der Waals surface area contributed by atoms with Gasteiger partial charge in [-0.3, -0.25) is 10.2 Å². The van der Waals surface area contributed by atoms with E-state index in [0.717, 1.165) is 36.1 Å². The standard InChI is InChI=1S/C18H23N3O/c1-4-16(22)21-13-7-5-6-12(10-13)17(20)14-11-18(2,3)9-8-15(14)19/h4-7,10,20H,1,8-9,11,19H2,2-3H3,(H,21,22)/p+1. The van der Waals surface area contributed by atoms with Crippen molar-refractivity contribution in [3.63, 3.8) is 0 Å². The Labute approximate surface area is 131 Å². The van der Waals surface area contributed by atoms with E-state index in [1.54, 1.807) is 0 Å². The molecule has 0 aliphatic heterocycles. The van der Waals surface area contributed by atoms with Crippen molar-refractivity contribution >= 4 is 17.3 Å². The summed E-state index contributed by atoms with van der Waals surface area (Å²) in [4.78, 5) is 11.4. The largest absolute Gasteiger partial charge is 0.402 e. The highest BCUT2D eigenvalue weighted by Crippen LogP contribution is 2.37. The van der Waals surface area contributed by atoms with Crippen LogP contribution in [0.4, 0.5) is 5.69 Å². The van der Waals surface area contributed by atoms with Crippen LogP contribution in [0.2, 0.25) is 0 Å².